The first-order valence-corrected chi connectivity index (χ1v) is 6.45. The summed E-state index contributed by atoms with van der Waals surface area (Å²) in [7, 11) is 0. The number of ether oxygens (including phenoxy) is 2. The average Bonchev–Trinajstić information content (AvgIpc) is 2.31. The van der Waals surface area contributed by atoms with E-state index in [4.69, 9.17) is 15.2 Å². The summed E-state index contributed by atoms with van der Waals surface area (Å²) in [4.78, 5) is 0. The predicted molar refractivity (Wildman–Crippen MR) is 80.9 cm³/mol. The molecule has 0 aromatic heterocycles. The van der Waals surface area contributed by atoms with Crippen LogP contribution in [0.15, 0.2) is 23.3 Å². The standard InChI is InChI=1S/C13H19N3O2S/c1-4-17-12-7-10(8-15-16-13(14)19)5-6-11(12)18-9(2)3/h5-9H,4H2,1-3H3,(H3,14,16,19)/b15-8+. The molecule has 0 aliphatic heterocycles. The molecule has 0 radical (unpaired) electrons. The Kier molecular flexibility index (Phi) is 6.08. The second kappa shape index (κ2) is 7.58. The molecule has 1 aromatic rings. The highest BCUT2D eigenvalue weighted by atomic mass is 32.1. The summed E-state index contributed by atoms with van der Waals surface area (Å²) in [6, 6.07) is 5.59. The smallest absolute Gasteiger partial charge is 0.184 e. The highest BCUT2D eigenvalue weighted by Gasteiger charge is 2.07. The molecular formula is C13H19N3O2S. The molecule has 0 spiro atoms. The molecule has 0 fully saturated rings. The van der Waals surface area contributed by atoms with Gasteiger partial charge in [-0.3, -0.25) is 5.43 Å². The van der Waals surface area contributed by atoms with E-state index in [-0.39, 0.29) is 11.2 Å². The van der Waals surface area contributed by atoms with E-state index in [2.05, 4.69) is 22.7 Å². The average molecular weight is 281 g/mol. The largest absolute Gasteiger partial charge is 0.490 e. The Balaban J connectivity index is 2.88. The van der Waals surface area contributed by atoms with Gasteiger partial charge in [0.25, 0.3) is 0 Å². The fraction of sp³-hybridized carbons (Fsp3) is 0.385. The van der Waals surface area contributed by atoms with Crippen molar-refractivity contribution in [2.45, 2.75) is 26.9 Å². The summed E-state index contributed by atoms with van der Waals surface area (Å²) in [6.07, 6.45) is 1.70. The van der Waals surface area contributed by atoms with Gasteiger partial charge in [0.1, 0.15) is 0 Å². The fourth-order valence-electron chi connectivity index (χ4n) is 1.39. The third kappa shape index (κ3) is 5.56. The van der Waals surface area contributed by atoms with Gasteiger partial charge in [0.15, 0.2) is 16.6 Å². The van der Waals surface area contributed by atoms with Crippen LogP contribution in [0, 0.1) is 0 Å². The first-order chi connectivity index (χ1) is 9.02. The lowest BCUT2D eigenvalue weighted by Crippen LogP contribution is -2.23. The van der Waals surface area contributed by atoms with E-state index >= 15 is 0 Å². The number of hydrogen-bond acceptors (Lipinski definition) is 4. The van der Waals surface area contributed by atoms with Crippen LogP contribution in [0.5, 0.6) is 11.5 Å². The number of hydrazone groups is 1. The summed E-state index contributed by atoms with van der Waals surface area (Å²) in [6.45, 7) is 6.43. The van der Waals surface area contributed by atoms with E-state index in [0.29, 0.717) is 12.4 Å². The summed E-state index contributed by atoms with van der Waals surface area (Å²) >= 11 is 4.65. The lowest BCUT2D eigenvalue weighted by molar-refractivity contribution is 0.224. The number of thiocarbonyl (C=S) groups is 1. The topological polar surface area (TPSA) is 68.9 Å². The van der Waals surface area contributed by atoms with Gasteiger partial charge >= 0.3 is 0 Å². The van der Waals surface area contributed by atoms with Crippen LogP contribution < -0.4 is 20.6 Å². The molecule has 0 amide bonds. The fourth-order valence-corrected chi connectivity index (χ4v) is 1.45. The van der Waals surface area contributed by atoms with Crippen molar-refractivity contribution in [3.63, 3.8) is 0 Å². The van der Waals surface area contributed by atoms with Gasteiger partial charge in [-0.2, -0.15) is 5.10 Å². The molecule has 1 rings (SSSR count). The van der Waals surface area contributed by atoms with Crippen molar-refractivity contribution < 1.29 is 9.47 Å². The van der Waals surface area contributed by atoms with Gasteiger partial charge < -0.3 is 15.2 Å². The molecule has 0 heterocycles. The van der Waals surface area contributed by atoms with E-state index in [0.717, 1.165) is 11.3 Å². The van der Waals surface area contributed by atoms with E-state index in [1.54, 1.807) is 6.21 Å². The van der Waals surface area contributed by atoms with Crippen LogP contribution in [0.1, 0.15) is 26.3 Å². The number of benzene rings is 1. The number of hydrogen-bond donors (Lipinski definition) is 2. The van der Waals surface area contributed by atoms with E-state index < -0.39 is 0 Å². The lowest BCUT2D eigenvalue weighted by Gasteiger charge is -2.14. The van der Waals surface area contributed by atoms with Gasteiger partial charge in [0, 0.05) is 0 Å². The number of nitrogens with two attached hydrogens (primary N) is 1. The molecule has 0 aliphatic rings. The number of nitrogens with one attached hydrogen (secondary N) is 1. The van der Waals surface area contributed by atoms with Crippen molar-refractivity contribution in [3.8, 4) is 11.5 Å². The molecule has 1 aromatic carbocycles. The third-order valence-corrected chi connectivity index (χ3v) is 2.11. The van der Waals surface area contributed by atoms with Gasteiger partial charge in [-0.05, 0) is 56.8 Å². The Morgan fingerprint density at radius 1 is 1.47 bits per heavy atom. The maximum absolute atomic E-state index is 5.67. The molecule has 104 valence electrons. The maximum Gasteiger partial charge on any atom is 0.184 e. The van der Waals surface area contributed by atoms with Gasteiger partial charge in [0.05, 0.1) is 18.9 Å². The molecule has 0 saturated heterocycles. The van der Waals surface area contributed by atoms with Gasteiger partial charge in [-0.25, -0.2) is 0 Å². The molecule has 0 aliphatic carbocycles. The minimum absolute atomic E-state index is 0.0926. The van der Waals surface area contributed by atoms with Crippen LogP contribution in [-0.2, 0) is 0 Å². The summed E-state index contributed by atoms with van der Waals surface area (Å²) in [5.74, 6) is 1.41. The molecule has 0 atom stereocenters. The Morgan fingerprint density at radius 3 is 2.79 bits per heavy atom. The highest BCUT2D eigenvalue weighted by molar-refractivity contribution is 7.80. The SMILES string of the molecule is CCOc1cc(/C=N/NC(N)=S)ccc1OC(C)C. The monoisotopic (exact) mass is 281 g/mol. The van der Waals surface area contributed by atoms with Crippen LogP contribution in [0.25, 0.3) is 0 Å². The van der Waals surface area contributed by atoms with Crippen LogP contribution in [0.4, 0.5) is 0 Å². The first kappa shape index (κ1) is 15.2. The Labute approximate surface area is 118 Å². The minimum Gasteiger partial charge on any atom is -0.490 e. The van der Waals surface area contributed by atoms with Crippen LogP contribution in [0.2, 0.25) is 0 Å². The minimum atomic E-state index is 0.0926. The first-order valence-electron chi connectivity index (χ1n) is 6.05. The van der Waals surface area contributed by atoms with E-state index in [1.165, 1.54) is 0 Å². The quantitative estimate of drug-likeness (QED) is 0.474. The van der Waals surface area contributed by atoms with Crippen LogP contribution in [0.3, 0.4) is 0 Å². The van der Waals surface area contributed by atoms with E-state index in [9.17, 15) is 0 Å². The molecule has 3 N–H and O–H groups in total. The maximum atomic E-state index is 5.67. The molecular weight excluding hydrogens is 262 g/mol. The predicted octanol–water partition coefficient (Wildman–Crippen LogP) is 2.04. The molecule has 0 saturated carbocycles. The van der Waals surface area contributed by atoms with E-state index in [1.807, 2.05) is 39.0 Å². The third-order valence-electron chi connectivity index (χ3n) is 2.02. The Morgan fingerprint density at radius 2 is 2.21 bits per heavy atom. The summed E-state index contributed by atoms with van der Waals surface area (Å²) < 4.78 is 11.2. The van der Waals surface area contributed by atoms with Gasteiger partial charge in [0.2, 0.25) is 0 Å². The summed E-state index contributed by atoms with van der Waals surface area (Å²) in [5.41, 5.74) is 8.64. The second-order valence-electron chi connectivity index (χ2n) is 4.04. The molecule has 19 heavy (non-hydrogen) atoms. The molecule has 6 heteroatoms. The molecule has 0 bridgehead atoms. The lowest BCUT2D eigenvalue weighted by atomic mass is 10.2. The van der Waals surface area contributed by atoms with Crippen LogP contribution >= 0.6 is 12.2 Å². The van der Waals surface area contributed by atoms with Gasteiger partial charge in [-0.15, -0.1) is 0 Å². The van der Waals surface area contributed by atoms with Crippen molar-refractivity contribution in [2.24, 2.45) is 10.8 Å². The molecule has 0 unspecified atom stereocenters. The Bertz CT molecular complexity index is 461. The highest BCUT2D eigenvalue weighted by Crippen LogP contribution is 2.28. The van der Waals surface area contributed by atoms with Crippen LogP contribution in [-0.4, -0.2) is 24.0 Å². The normalized spacial score (nSPS) is 10.7. The van der Waals surface area contributed by atoms with Gasteiger partial charge in [-0.1, -0.05) is 0 Å². The van der Waals surface area contributed by atoms with Crippen molar-refractivity contribution >= 4 is 23.5 Å². The Hall–Kier alpha value is -1.82. The number of rotatable bonds is 6. The number of nitrogens with zero attached hydrogens (tertiary/aromatic N) is 1. The van der Waals surface area contributed by atoms with Crippen molar-refractivity contribution in [2.75, 3.05) is 6.61 Å². The molecule has 5 nitrogen and oxygen atoms in total. The zero-order valence-electron chi connectivity index (χ0n) is 11.3. The summed E-state index contributed by atoms with van der Waals surface area (Å²) in [5, 5.41) is 4.02. The van der Waals surface area contributed by atoms with Crippen molar-refractivity contribution in [1.29, 1.82) is 0 Å². The van der Waals surface area contributed by atoms with Crippen molar-refractivity contribution in [1.82, 2.24) is 5.43 Å². The van der Waals surface area contributed by atoms with Crippen molar-refractivity contribution in [3.05, 3.63) is 23.8 Å². The zero-order valence-corrected chi connectivity index (χ0v) is 12.2. The second-order valence-corrected chi connectivity index (χ2v) is 4.48. The zero-order chi connectivity index (χ0) is 14.3.